The molecule has 0 atom stereocenters. The van der Waals surface area contributed by atoms with E-state index in [4.69, 9.17) is 16.7 Å². The Morgan fingerprint density at radius 2 is 2.46 bits per heavy atom. The van der Waals surface area contributed by atoms with Crippen LogP contribution in [0.2, 0.25) is 4.34 Å². The van der Waals surface area contributed by atoms with Gasteiger partial charge in [0.05, 0.1) is 5.69 Å². The molecule has 4 nitrogen and oxygen atoms in total. The Hall–Kier alpha value is -1.07. The van der Waals surface area contributed by atoms with Crippen molar-refractivity contribution in [3.05, 3.63) is 21.9 Å². The molecule has 2 heterocycles. The molecule has 0 saturated carbocycles. The van der Waals surface area contributed by atoms with E-state index in [0.717, 1.165) is 0 Å². The van der Waals surface area contributed by atoms with Gasteiger partial charge in [-0.2, -0.15) is 0 Å². The first kappa shape index (κ1) is 8.52. The van der Waals surface area contributed by atoms with Crippen LogP contribution in [0.15, 0.2) is 6.20 Å². The van der Waals surface area contributed by atoms with E-state index in [1.165, 1.54) is 15.7 Å². The quantitative estimate of drug-likeness (QED) is 0.794. The molecule has 0 aliphatic heterocycles. The summed E-state index contributed by atoms with van der Waals surface area (Å²) in [5.41, 5.74) is 0.688. The van der Waals surface area contributed by atoms with Gasteiger partial charge in [-0.15, -0.1) is 0 Å². The largest absolute Gasteiger partial charge is 0.477 e. The normalized spacial score (nSPS) is 10.9. The summed E-state index contributed by atoms with van der Waals surface area (Å²) in [6.45, 7) is 1.66. The number of hydrogen-bond donors (Lipinski definition) is 1. The van der Waals surface area contributed by atoms with Crippen LogP contribution in [0, 0.1) is 6.92 Å². The van der Waals surface area contributed by atoms with E-state index in [0.29, 0.717) is 15.0 Å². The number of aromatic carboxylic acids is 1. The predicted octanol–water partition coefficient (Wildman–Crippen LogP) is 2.06. The third-order valence-corrected chi connectivity index (χ3v) is 2.78. The molecule has 6 heteroatoms. The number of carbonyl (C=O) groups is 1. The average Bonchev–Trinajstić information content (AvgIpc) is 2.41. The second kappa shape index (κ2) is 2.71. The summed E-state index contributed by atoms with van der Waals surface area (Å²) in [5, 5.41) is 8.86. The summed E-state index contributed by atoms with van der Waals surface area (Å²) >= 11 is 6.98. The van der Waals surface area contributed by atoms with Crippen molar-refractivity contribution in [2.75, 3.05) is 0 Å². The van der Waals surface area contributed by atoms with Crippen LogP contribution in [0.5, 0.6) is 0 Å². The molecule has 0 aromatic carbocycles. The maximum Gasteiger partial charge on any atom is 0.354 e. The molecule has 13 heavy (non-hydrogen) atoms. The number of aromatic nitrogens is 2. The van der Waals surface area contributed by atoms with E-state index in [1.54, 1.807) is 13.1 Å². The number of nitrogens with zero attached hydrogens (tertiary/aromatic N) is 2. The Labute approximate surface area is 82.4 Å². The van der Waals surface area contributed by atoms with Crippen molar-refractivity contribution in [2.24, 2.45) is 0 Å². The van der Waals surface area contributed by atoms with Gasteiger partial charge in [-0.1, -0.05) is 22.9 Å². The molecule has 0 radical (unpaired) electrons. The Morgan fingerprint density at radius 3 is 3.08 bits per heavy atom. The van der Waals surface area contributed by atoms with Crippen molar-refractivity contribution in [3.63, 3.8) is 0 Å². The summed E-state index contributed by atoms with van der Waals surface area (Å²) in [6.07, 6.45) is 1.56. The van der Waals surface area contributed by atoms with Crippen molar-refractivity contribution < 1.29 is 9.90 Å². The minimum atomic E-state index is -0.987. The lowest BCUT2D eigenvalue weighted by atomic mass is 10.3. The van der Waals surface area contributed by atoms with Gasteiger partial charge in [0, 0.05) is 6.20 Å². The molecule has 0 unspecified atom stereocenters. The summed E-state index contributed by atoms with van der Waals surface area (Å²) in [7, 11) is 0. The number of rotatable bonds is 1. The molecule has 2 aromatic heterocycles. The van der Waals surface area contributed by atoms with Gasteiger partial charge in [-0.25, -0.2) is 9.78 Å². The highest BCUT2D eigenvalue weighted by Gasteiger charge is 2.16. The van der Waals surface area contributed by atoms with Crippen molar-refractivity contribution >= 4 is 33.9 Å². The molecule has 0 spiro atoms. The fourth-order valence-electron chi connectivity index (χ4n) is 1.18. The Kier molecular flexibility index (Phi) is 1.78. The predicted molar refractivity (Wildman–Crippen MR) is 49.8 cm³/mol. The zero-order valence-corrected chi connectivity index (χ0v) is 8.19. The van der Waals surface area contributed by atoms with Gasteiger partial charge < -0.3 is 5.11 Å². The minimum absolute atomic E-state index is 0.179. The van der Waals surface area contributed by atoms with E-state index < -0.39 is 5.97 Å². The van der Waals surface area contributed by atoms with Gasteiger partial charge in [-0.05, 0) is 6.92 Å². The monoisotopic (exact) mass is 216 g/mol. The lowest BCUT2D eigenvalue weighted by Gasteiger charge is -1.90. The number of hydrogen-bond acceptors (Lipinski definition) is 3. The topological polar surface area (TPSA) is 54.6 Å². The molecular formula is C7H5ClN2O2S. The molecule has 2 rings (SSSR count). The number of aryl methyl sites for hydroxylation is 1. The van der Waals surface area contributed by atoms with Crippen LogP contribution in [0.3, 0.4) is 0 Å². The third-order valence-electron chi connectivity index (χ3n) is 1.68. The number of carboxylic acid groups (broad SMARTS) is 1. The summed E-state index contributed by atoms with van der Waals surface area (Å²) in [5.74, 6) is -0.987. The van der Waals surface area contributed by atoms with Crippen molar-refractivity contribution in [1.29, 1.82) is 0 Å². The van der Waals surface area contributed by atoms with E-state index in [9.17, 15) is 4.79 Å². The Bertz CT molecular complexity index is 488. The highest BCUT2D eigenvalue weighted by atomic mass is 35.5. The van der Waals surface area contributed by atoms with Crippen molar-refractivity contribution in [2.45, 2.75) is 6.92 Å². The molecule has 68 valence electrons. The first-order chi connectivity index (χ1) is 6.09. The molecule has 0 saturated heterocycles. The minimum Gasteiger partial charge on any atom is -0.477 e. The maximum atomic E-state index is 10.8. The molecule has 0 fully saturated rings. The molecule has 2 aromatic rings. The van der Waals surface area contributed by atoms with Crippen molar-refractivity contribution in [1.82, 2.24) is 9.38 Å². The Morgan fingerprint density at radius 1 is 1.77 bits per heavy atom. The number of thiazole rings is 1. The number of imidazole rings is 1. The number of fused-ring (bicyclic) bond motifs is 1. The van der Waals surface area contributed by atoms with Crippen LogP contribution in [-0.2, 0) is 0 Å². The molecule has 0 bridgehead atoms. The molecule has 0 aliphatic rings. The average molecular weight is 217 g/mol. The summed E-state index contributed by atoms with van der Waals surface area (Å²) < 4.78 is 2.02. The lowest BCUT2D eigenvalue weighted by Crippen LogP contribution is -2.02. The van der Waals surface area contributed by atoms with E-state index in [1.807, 2.05) is 0 Å². The molecule has 0 amide bonds. The van der Waals surface area contributed by atoms with Crippen molar-refractivity contribution in [3.8, 4) is 0 Å². The van der Waals surface area contributed by atoms with Gasteiger partial charge in [0.1, 0.15) is 4.34 Å². The Balaban J connectivity index is 2.83. The first-order valence-corrected chi connectivity index (χ1v) is 4.66. The highest BCUT2D eigenvalue weighted by molar-refractivity contribution is 7.20. The van der Waals surface area contributed by atoms with Crippen LogP contribution in [-0.4, -0.2) is 20.5 Å². The summed E-state index contributed by atoms with van der Waals surface area (Å²) in [4.78, 5) is 15.5. The number of carboxylic acids is 1. The maximum absolute atomic E-state index is 10.8. The first-order valence-electron chi connectivity index (χ1n) is 3.47. The van der Waals surface area contributed by atoms with Crippen LogP contribution < -0.4 is 0 Å². The van der Waals surface area contributed by atoms with Gasteiger partial charge >= 0.3 is 5.97 Å². The van der Waals surface area contributed by atoms with Gasteiger partial charge in [0.15, 0.2) is 10.7 Å². The standard InChI is InChI=1S/C7H5ClN2O2S/c1-3-5(6(11)12)10-2-4(8)13-7(10)9-3/h2H,1H3,(H,11,12). The van der Waals surface area contributed by atoms with Crippen LogP contribution >= 0.6 is 22.9 Å². The van der Waals surface area contributed by atoms with E-state index >= 15 is 0 Å². The van der Waals surface area contributed by atoms with Crippen LogP contribution in [0.1, 0.15) is 16.2 Å². The smallest absolute Gasteiger partial charge is 0.354 e. The SMILES string of the molecule is Cc1nc2sc(Cl)cn2c1C(=O)O. The second-order valence-electron chi connectivity index (χ2n) is 2.54. The highest BCUT2D eigenvalue weighted by Crippen LogP contribution is 2.24. The fourth-order valence-corrected chi connectivity index (χ4v) is 2.25. The van der Waals surface area contributed by atoms with Gasteiger partial charge in [0.2, 0.25) is 0 Å². The molecule has 1 N–H and O–H groups in total. The van der Waals surface area contributed by atoms with E-state index in [2.05, 4.69) is 4.98 Å². The van der Waals surface area contributed by atoms with Crippen LogP contribution in [0.4, 0.5) is 0 Å². The second-order valence-corrected chi connectivity index (χ2v) is 4.18. The fraction of sp³-hybridized carbons (Fsp3) is 0.143. The van der Waals surface area contributed by atoms with Gasteiger partial charge in [0.25, 0.3) is 0 Å². The number of halogens is 1. The lowest BCUT2D eigenvalue weighted by molar-refractivity contribution is 0.0688. The summed E-state index contributed by atoms with van der Waals surface area (Å²) in [6, 6.07) is 0. The third kappa shape index (κ3) is 1.20. The van der Waals surface area contributed by atoms with Gasteiger partial charge in [-0.3, -0.25) is 4.40 Å². The molecular weight excluding hydrogens is 212 g/mol. The zero-order valence-electron chi connectivity index (χ0n) is 6.61. The molecule has 0 aliphatic carbocycles. The van der Waals surface area contributed by atoms with Crippen LogP contribution in [0.25, 0.3) is 4.96 Å². The zero-order chi connectivity index (χ0) is 9.59. The van der Waals surface area contributed by atoms with E-state index in [-0.39, 0.29) is 5.69 Å².